The molecule has 0 aromatic heterocycles. The van der Waals surface area contributed by atoms with Crippen LogP contribution in [0.1, 0.15) is 62.5 Å². The number of nitrogens with zero attached hydrogens (tertiary/aromatic N) is 2. The maximum atomic E-state index is 6.25. The third kappa shape index (κ3) is 7.22. The number of rotatable bonds is 10. The molecule has 2 aliphatic heterocycles. The van der Waals surface area contributed by atoms with Crippen molar-refractivity contribution in [2.45, 2.75) is 69.9 Å². The molecule has 0 bridgehead atoms. The monoisotopic (exact) mass is 450 g/mol. The average Bonchev–Trinajstić information content (AvgIpc) is 2.84. The van der Waals surface area contributed by atoms with E-state index in [4.69, 9.17) is 9.47 Å². The normalized spacial score (nSPS) is 22.2. The zero-order chi connectivity index (χ0) is 22.9. The van der Waals surface area contributed by atoms with E-state index in [1.165, 1.54) is 62.7 Å². The first-order valence-corrected chi connectivity index (χ1v) is 13.0. The second kappa shape index (κ2) is 12.4. The third-order valence-electron chi connectivity index (χ3n) is 7.56. The number of para-hydroxylation sites is 1. The van der Waals surface area contributed by atoms with E-state index in [2.05, 4.69) is 72.4 Å². The predicted octanol–water partition coefficient (Wildman–Crippen LogP) is 5.78. The number of benzene rings is 2. The molecule has 33 heavy (non-hydrogen) atoms. The summed E-state index contributed by atoms with van der Waals surface area (Å²) in [7, 11) is 4.49. The summed E-state index contributed by atoms with van der Waals surface area (Å²) in [6, 6.07) is 18.4. The third-order valence-corrected chi connectivity index (χ3v) is 7.56. The van der Waals surface area contributed by atoms with Crippen molar-refractivity contribution in [1.82, 2.24) is 9.80 Å². The summed E-state index contributed by atoms with van der Waals surface area (Å²) in [6.45, 7) is 4.02. The van der Waals surface area contributed by atoms with Crippen LogP contribution in [0.4, 0.5) is 0 Å². The van der Waals surface area contributed by atoms with E-state index in [-0.39, 0.29) is 0 Å². The first-order valence-electron chi connectivity index (χ1n) is 13.0. The summed E-state index contributed by atoms with van der Waals surface area (Å²) in [5.41, 5.74) is 2.54. The van der Waals surface area contributed by atoms with Crippen molar-refractivity contribution < 1.29 is 9.47 Å². The standard InChI is InChI=1S/C29H42N2O2/c1-30-19-7-5-10-26(30)17-21-32-28-15-13-24(14-16-28)23-25-9-3-4-12-29(25)33-22-18-27-11-6-8-20-31(27)2/h3-4,9,12-16,26-27H,5-8,10-11,17-23H2,1-2H3. The summed E-state index contributed by atoms with van der Waals surface area (Å²) in [5.74, 6) is 1.99. The van der Waals surface area contributed by atoms with E-state index in [9.17, 15) is 0 Å². The largest absolute Gasteiger partial charge is 0.494 e. The molecule has 2 fully saturated rings. The van der Waals surface area contributed by atoms with Gasteiger partial charge in [0, 0.05) is 18.5 Å². The molecule has 180 valence electrons. The molecule has 0 saturated carbocycles. The highest BCUT2D eigenvalue weighted by molar-refractivity contribution is 5.38. The van der Waals surface area contributed by atoms with Crippen molar-refractivity contribution in [2.75, 3.05) is 40.4 Å². The molecule has 2 heterocycles. The predicted molar refractivity (Wildman–Crippen MR) is 136 cm³/mol. The molecule has 2 aliphatic rings. The van der Waals surface area contributed by atoms with Crippen LogP contribution in [0.5, 0.6) is 11.5 Å². The Morgan fingerprint density at radius 2 is 1.33 bits per heavy atom. The van der Waals surface area contributed by atoms with Crippen LogP contribution in [0, 0.1) is 0 Å². The molecule has 2 aromatic carbocycles. The van der Waals surface area contributed by atoms with Crippen LogP contribution in [-0.2, 0) is 6.42 Å². The van der Waals surface area contributed by atoms with Gasteiger partial charge in [-0.25, -0.2) is 0 Å². The molecular weight excluding hydrogens is 408 g/mol. The van der Waals surface area contributed by atoms with Crippen LogP contribution < -0.4 is 9.47 Å². The van der Waals surface area contributed by atoms with Gasteiger partial charge in [-0.05, 0) is 95.0 Å². The Morgan fingerprint density at radius 3 is 1.97 bits per heavy atom. The summed E-state index contributed by atoms with van der Waals surface area (Å²) < 4.78 is 12.3. The number of likely N-dealkylation sites (tertiary alicyclic amines) is 2. The van der Waals surface area contributed by atoms with Gasteiger partial charge in [0.1, 0.15) is 11.5 Å². The quantitative estimate of drug-likeness (QED) is 0.458. The highest BCUT2D eigenvalue weighted by Crippen LogP contribution is 2.25. The minimum absolute atomic E-state index is 0.664. The van der Waals surface area contributed by atoms with Crippen LogP contribution >= 0.6 is 0 Å². The van der Waals surface area contributed by atoms with Crippen LogP contribution in [0.15, 0.2) is 48.5 Å². The van der Waals surface area contributed by atoms with Crippen LogP contribution in [0.2, 0.25) is 0 Å². The Morgan fingerprint density at radius 1 is 0.727 bits per heavy atom. The van der Waals surface area contributed by atoms with Crippen molar-refractivity contribution >= 4 is 0 Å². The fourth-order valence-electron chi connectivity index (χ4n) is 5.35. The van der Waals surface area contributed by atoms with Gasteiger partial charge in [0.05, 0.1) is 13.2 Å². The lowest BCUT2D eigenvalue weighted by Crippen LogP contribution is -2.37. The first-order chi connectivity index (χ1) is 16.2. The van der Waals surface area contributed by atoms with Gasteiger partial charge in [-0.1, -0.05) is 43.2 Å². The van der Waals surface area contributed by atoms with Crippen molar-refractivity contribution in [3.63, 3.8) is 0 Å². The summed E-state index contributed by atoms with van der Waals surface area (Å²) in [4.78, 5) is 4.98. The van der Waals surface area contributed by atoms with Crippen molar-refractivity contribution in [2.24, 2.45) is 0 Å². The highest BCUT2D eigenvalue weighted by atomic mass is 16.5. The fraction of sp³-hybridized carbons (Fsp3) is 0.586. The second-order valence-corrected chi connectivity index (χ2v) is 9.96. The van der Waals surface area contributed by atoms with E-state index in [0.717, 1.165) is 44.0 Å². The van der Waals surface area contributed by atoms with Crippen LogP contribution in [-0.4, -0.2) is 62.3 Å². The number of ether oxygens (including phenoxy) is 2. The Labute approximate surface area is 200 Å². The second-order valence-electron chi connectivity index (χ2n) is 9.96. The molecule has 4 rings (SSSR count). The molecule has 0 N–H and O–H groups in total. The number of piperidine rings is 2. The molecule has 0 radical (unpaired) electrons. The molecule has 0 spiro atoms. The minimum atomic E-state index is 0.664. The van der Waals surface area contributed by atoms with Gasteiger partial charge >= 0.3 is 0 Å². The maximum Gasteiger partial charge on any atom is 0.122 e. The fourth-order valence-corrected chi connectivity index (χ4v) is 5.35. The average molecular weight is 451 g/mol. The maximum absolute atomic E-state index is 6.25. The Bertz CT molecular complexity index is 838. The van der Waals surface area contributed by atoms with Gasteiger partial charge in [0.15, 0.2) is 0 Å². The van der Waals surface area contributed by atoms with E-state index in [0.29, 0.717) is 12.1 Å². The highest BCUT2D eigenvalue weighted by Gasteiger charge is 2.19. The molecule has 2 unspecified atom stereocenters. The van der Waals surface area contributed by atoms with Gasteiger partial charge < -0.3 is 19.3 Å². The summed E-state index contributed by atoms with van der Waals surface area (Å²) in [5, 5.41) is 0. The minimum Gasteiger partial charge on any atom is -0.494 e. The Hall–Kier alpha value is -2.04. The van der Waals surface area contributed by atoms with E-state index in [1.807, 2.05) is 0 Å². The van der Waals surface area contributed by atoms with Gasteiger partial charge in [0.25, 0.3) is 0 Å². The topological polar surface area (TPSA) is 24.9 Å². The summed E-state index contributed by atoms with van der Waals surface area (Å²) in [6.07, 6.45) is 11.1. The van der Waals surface area contributed by atoms with Gasteiger partial charge in [0.2, 0.25) is 0 Å². The van der Waals surface area contributed by atoms with Crippen molar-refractivity contribution in [3.05, 3.63) is 59.7 Å². The van der Waals surface area contributed by atoms with Crippen molar-refractivity contribution in [1.29, 1.82) is 0 Å². The van der Waals surface area contributed by atoms with Crippen LogP contribution in [0.3, 0.4) is 0 Å². The van der Waals surface area contributed by atoms with E-state index in [1.54, 1.807) is 0 Å². The molecular formula is C29H42N2O2. The van der Waals surface area contributed by atoms with Gasteiger partial charge in [-0.2, -0.15) is 0 Å². The van der Waals surface area contributed by atoms with Crippen LogP contribution in [0.25, 0.3) is 0 Å². The zero-order valence-electron chi connectivity index (χ0n) is 20.7. The van der Waals surface area contributed by atoms with E-state index < -0.39 is 0 Å². The molecule has 2 aromatic rings. The lowest BCUT2D eigenvalue weighted by molar-refractivity contribution is 0.153. The number of hydrogen-bond donors (Lipinski definition) is 0. The Balaban J connectivity index is 1.24. The number of hydrogen-bond acceptors (Lipinski definition) is 4. The lowest BCUT2D eigenvalue weighted by Gasteiger charge is -2.32. The Kier molecular flexibility index (Phi) is 9.08. The summed E-state index contributed by atoms with van der Waals surface area (Å²) >= 11 is 0. The zero-order valence-corrected chi connectivity index (χ0v) is 20.7. The molecule has 0 aliphatic carbocycles. The van der Waals surface area contributed by atoms with Gasteiger partial charge in [-0.15, -0.1) is 0 Å². The molecule has 4 heteroatoms. The molecule has 2 saturated heterocycles. The smallest absolute Gasteiger partial charge is 0.122 e. The molecule has 0 amide bonds. The first kappa shape index (κ1) is 24.1. The molecule has 4 nitrogen and oxygen atoms in total. The van der Waals surface area contributed by atoms with Gasteiger partial charge in [-0.3, -0.25) is 0 Å². The SMILES string of the molecule is CN1CCCCC1CCOc1ccc(Cc2ccccc2OCCC2CCCCN2C)cc1. The van der Waals surface area contributed by atoms with E-state index >= 15 is 0 Å². The lowest BCUT2D eigenvalue weighted by atomic mass is 10.0. The van der Waals surface area contributed by atoms with Crippen molar-refractivity contribution in [3.8, 4) is 11.5 Å². The molecule has 2 atom stereocenters.